The van der Waals surface area contributed by atoms with Crippen molar-refractivity contribution >= 4 is 5.91 Å². The predicted molar refractivity (Wildman–Crippen MR) is 79.5 cm³/mol. The van der Waals surface area contributed by atoms with Crippen LogP contribution in [0.25, 0.3) is 0 Å². The molecule has 1 aromatic carbocycles. The number of methoxy groups -OCH3 is 1. The summed E-state index contributed by atoms with van der Waals surface area (Å²) in [5.74, 6) is -0.105. The van der Waals surface area contributed by atoms with Crippen molar-refractivity contribution in [1.29, 1.82) is 0 Å². The van der Waals surface area contributed by atoms with Gasteiger partial charge in [0, 0.05) is 6.04 Å². The summed E-state index contributed by atoms with van der Waals surface area (Å²) in [6.07, 6.45) is 2.62. The lowest BCUT2D eigenvalue weighted by atomic mass is 10.0. The molecule has 1 fully saturated rings. The highest BCUT2D eigenvalue weighted by Crippen LogP contribution is 2.30. The number of nitrogens with one attached hydrogen (secondary N) is 1. The zero-order valence-electron chi connectivity index (χ0n) is 12.9. The quantitative estimate of drug-likeness (QED) is 0.877. The van der Waals surface area contributed by atoms with E-state index in [2.05, 4.69) is 19.2 Å². The Morgan fingerprint density at radius 1 is 1.48 bits per heavy atom. The van der Waals surface area contributed by atoms with E-state index in [1.54, 1.807) is 6.07 Å². The fourth-order valence-corrected chi connectivity index (χ4v) is 2.94. The van der Waals surface area contributed by atoms with E-state index >= 15 is 0 Å². The van der Waals surface area contributed by atoms with Gasteiger partial charge >= 0.3 is 0 Å². The lowest BCUT2D eigenvalue weighted by molar-refractivity contribution is -0.130. The van der Waals surface area contributed by atoms with E-state index in [4.69, 9.17) is 4.74 Å². The van der Waals surface area contributed by atoms with E-state index in [1.165, 1.54) is 13.2 Å². The van der Waals surface area contributed by atoms with E-state index in [0.29, 0.717) is 6.54 Å². The van der Waals surface area contributed by atoms with Crippen LogP contribution >= 0.6 is 0 Å². The SMILES string of the molecule is CCCC(CC)N1C(=O)CNC1c1ccc(OC)c(F)c1. The van der Waals surface area contributed by atoms with Gasteiger partial charge in [0.15, 0.2) is 11.6 Å². The maximum atomic E-state index is 13.9. The number of ether oxygens (including phenoxy) is 1. The Morgan fingerprint density at radius 3 is 2.81 bits per heavy atom. The van der Waals surface area contributed by atoms with Crippen molar-refractivity contribution in [2.24, 2.45) is 0 Å². The molecular formula is C16H23FN2O2. The molecule has 5 heteroatoms. The number of nitrogens with zero attached hydrogens (tertiary/aromatic N) is 1. The van der Waals surface area contributed by atoms with E-state index in [1.807, 2.05) is 11.0 Å². The Labute approximate surface area is 125 Å². The van der Waals surface area contributed by atoms with Gasteiger partial charge in [0.1, 0.15) is 6.17 Å². The van der Waals surface area contributed by atoms with Crippen LogP contribution in [0.2, 0.25) is 0 Å². The van der Waals surface area contributed by atoms with Crippen molar-refractivity contribution in [3.8, 4) is 5.75 Å². The average Bonchev–Trinajstić information content (AvgIpc) is 2.86. The highest BCUT2D eigenvalue weighted by atomic mass is 19.1. The second-order valence-corrected chi connectivity index (χ2v) is 5.33. The molecule has 1 heterocycles. The van der Waals surface area contributed by atoms with Gasteiger partial charge in [-0.2, -0.15) is 0 Å². The Kier molecular flexibility index (Phi) is 5.17. The van der Waals surface area contributed by atoms with E-state index < -0.39 is 5.82 Å². The van der Waals surface area contributed by atoms with E-state index in [0.717, 1.165) is 24.8 Å². The van der Waals surface area contributed by atoms with Crippen molar-refractivity contribution < 1.29 is 13.9 Å². The third-order valence-electron chi connectivity index (χ3n) is 3.99. The molecule has 2 atom stereocenters. The summed E-state index contributed by atoms with van der Waals surface area (Å²) in [6.45, 7) is 4.49. The van der Waals surface area contributed by atoms with E-state index in [9.17, 15) is 9.18 Å². The third-order valence-corrected chi connectivity index (χ3v) is 3.99. The zero-order valence-corrected chi connectivity index (χ0v) is 12.9. The maximum absolute atomic E-state index is 13.9. The van der Waals surface area contributed by atoms with Gasteiger partial charge in [-0.3, -0.25) is 10.1 Å². The Balaban J connectivity index is 2.28. The molecule has 2 rings (SSSR count). The molecule has 1 aliphatic rings. The van der Waals surface area contributed by atoms with Gasteiger partial charge < -0.3 is 9.64 Å². The molecule has 1 aromatic rings. The first-order chi connectivity index (χ1) is 10.1. The first kappa shape index (κ1) is 15.8. The van der Waals surface area contributed by atoms with Crippen LogP contribution < -0.4 is 10.1 Å². The molecular weight excluding hydrogens is 271 g/mol. The molecule has 4 nitrogen and oxygen atoms in total. The first-order valence-electron chi connectivity index (χ1n) is 7.50. The van der Waals surface area contributed by atoms with Crippen LogP contribution in [0, 0.1) is 5.82 Å². The number of hydrogen-bond acceptors (Lipinski definition) is 3. The normalized spacial score (nSPS) is 19.9. The number of amides is 1. The molecule has 21 heavy (non-hydrogen) atoms. The van der Waals surface area contributed by atoms with Crippen molar-refractivity contribution in [3.63, 3.8) is 0 Å². The number of benzene rings is 1. The van der Waals surface area contributed by atoms with Crippen molar-refractivity contribution in [1.82, 2.24) is 10.2 Å². The van der Waals surface area contributed by atoms with Crippen LogP contribution in [0.5, 0.6) is 5.75 Å². The first-order valence-corrected chi connectivity index (χ1v) is 7.50. The van der Waals surface area contributed by atoms with Gasteiger partial charge in [-0.1, -0.05) is 26.3 Å². The van der Waals surface area contributed by atoms with E-state index in [-0.39, 0.29) is 23.9 Å². The molecule has 0 bridgehead atoms. The van der Waals surface area contributed by atoms with Crippen LogP contribution in [-0.4, -0.2) is 30.5 Å². The maximum Gasteiger partial charge on any atom is 0.238 e. The summed E-state index contributed by atoms with van der Waals surface area (Å²) in [5, 5.41) is 3.18. The molecule has 1 amide bonds. The minimum atomic E-state index is -0.403. The van der Waals surface area contributed by atoms with Crippen LogP contribution in [-0.2, 0) is 4.79 Å². The summed E-state index contributed by atoms with van der Waals surface area (Å²) in [4.78, 5) is 14.1. The number of rotatable bonds is 6. The van der Waals surface area contributed by atoms with Gasteiger partial charge in [-0.25, -0.2) is 4.39 Å². The highest BCUT2D eigenvalue weighted by molar-refractivity contribution is 5.81. The zero-order chi connectivity index (χ0) is 15.4. The molecule has 0 radical (unpaired) electrons. The summed E-state index contributed by atoms with van der Waals surface area (Å²) < 4.78 is 18.8. The molecule has 0 spiro atoms. The summed E-state index contributed by atoms with van der Waals surface area (Å²) in [6, 6.07) is 5.05. The fourth-order valence-electron chi connectivity index (χ4n) is 2.94. The predicted octanol–water partition coefficient (Wildman–Crippen LogP) is 2.84. The van der Waals surface area contributed by atoms with Gasteiger partial charge in [0.2, 0.25) is 5.91 Å². The van der Waals surface area contributed by atoms with Gasteiger partial charge in [0.25, 0.3) is 0 Å². The standard InChI is InChI=1S/C16H23FN2O2/c1-4-6-12(5-2)19-15(20)10-18-16(19)11-7-8-14(21-3)13(17)9-11/h7-9,12,16,18H,4-6,10H2,1-3H3. The van der Waals surface area contributed by atoms with Crippen LogP contribution in [0.15, 0.2) is 18.2 Å². The molecule has 1 N–H and O–H groups in total. The molecule has 116 valence electrons. The van der Waals surface area contributed by atoms with Crippen molar-refractivity contribution in [2.45, 2.75) is 45.3 Å². The topological polar surface area (TPSA) is 41.6 Å². The molecule has 0 aliphatic carbocycles. The van der Waals surface area contributed by atoms with Gasteiger partial charge in [0.05, 0.1) is 13.7 Å². The minimum absolute atomic E-state index is 0.0801. The number of carbonyl (C=O) groups is 1. The minimum Gasteiger partial charge on any atom is -0.494 e. The average molecular weight is 294 g/mol. The fraction of sp³-hybridized carbons (Fsp3) is 0.562. The van der Waals surface area contributed by atoms with Gasteiger partial charge in [-0.05, 0) is 30.5 Å². The largest absolute Gasteiger partial charge is 0.494 e. The second-order valence-electron chi connectivity index (χ2n) is 5.33. The lowest BCUT2D eigenvalue weighted by Gasteiger charge is -2.32. The summed E-state index contributed by atoms with van der Waals surface area (Å²) in [7, 11) is 1.44. The molecule has 1 saturated heterocycles. The Hall–Kier alpha value is -1.62. The third kappa shape index (κ3) is 3.18. The molecule has 0 aromatic heterocycles. The second kappa shape index (κ2) is 6.89. The molecule has 0 saturated carbocycles. The van der Waals surface area contributed by atoms with Crippen LogP contribution in [0.1, 0.15) is 44.8 Å². The smallest absolute Gasteiger partial charge is 0.238 e. The molecule has 2 unspecified atom stereocenters. The number of carbonyl (C=O) groups excluding carboxylic acids is 1. The van der Waals surface area contributed by atoms with Gasteiger partial charge in [-0.15, -0.1) is 0 Å². The Bertz CT molecular complexity index is 507. The number of halogens is 1. The monoisotopic (exact) mass is 294 g/mol. The Morgan fingerprint density at radius 2 is 2.24 bits per heavy atom. The van der Waals surface area contributed by atoms with Crippen LogP contribution in [0.3, 0.4) is 0 Å². The lowest BCUT2D eigenvalue weighted by Crippen LogP contribution is -2.39. The van der Waals surface area contributed by atoms with Crippen molar-refractivity contribution in [3.05, 3.63) is 29.6 Å². The number of hydrogen-bond donors (Lipinski definition) is 1. The summed E-state index contributed by atoms with van der Waals surface area (Å²) in [5.41, 5.74) is 0.758. The van der Waals surface area contributed by atoms with Crippen molar-refractivity contribution in [2.75, 3.05) is 13.7 Å². The highest BCUT2D eigenvalue weighted by Gasteiger charge is 2.35. The molecule has 1 aliphatic heterocycles. The summed E-state index contributed by atoms with van der Waals surface area (Å²) >= 11 is 0. The van der Waals surface area contributed by atoms with Crippen LogP contribution in [0.4, 0.5) is 4.39 Å².